The van der Waals surface area contributed by atoms with Gasteiger partial charge < -0.3 is 10.6 Å². The van der Waals surface area contributed by atoms with Crippen LogP contribution in [0.15, 0.2) is 67.0 Å². The maximum atomic E-state index is 12.4. The Bertz CT molecular complexity index is 1040. The molecule has 2 amide bonds. The molecule has 7 nitrogen and oxygen atoms in total. The standard InChI is InChI=1S/C22H19N5O2/c23-15-18-7-4-10-26-21(18)16-5-3-6-17(13-16)22(29)27-12-11-25-20(28)14-19-8-1-2-9-24-19/h1-10,13H,11-12,14H2,(H,25,28)(H,27,29). The molecule has 3 rings (SSSR count). The van der Waals surface area contributed by atoms with Crippen LogP contribution >= 0.6 is 0 Å². The summed E-state index contributed by atoms with van der Waals surface area (Å²) in [6.45, 7) is 0.611. The van der Waals surface area contributed by atoms with Gasteiger partial charge in [-0.3, -0.25) is 19.6 Å². The average molecular weight is 385 g/mol. The van der Waals surface area contributed by atoms with Crippen molar-refractivity contribution >= 4 is 11.8 Å². The van der Waals surface area contributed by atoms with E-state index >= 15 is 0 Å². The molecule has 7 heteroatoms. The van der Waals surface area contributed by atoms with Crippen LogP contribution in [0.2, 0.25) is 0 Å². The van der Waals surface area contributed by atoms with Gasteiger partial charge in [0.2, 0.25) is 5.91 Å². The van der Waals surface area contributed by atoms with E-state index in [9.17, 15) is 14.9 Å². The second-order valence-electron chi connectivity index (χ2n) is 6.20. The molecule has 0 fully saturated rings. The van der Waals surface area contributed by atoms with E-state index in [1.807, 2.05) is 6.07 Å². The fraction of sp³-hybridized carbons (Fsp3) is 0.136. The number of pyridine rings is 2. The predicted molar refractivity (Wildman–Crippen MR) is 108 cm³/mol. The van der Waals surface area contributed by atoms with Crippen molar-refractivity contribution in [2.45, 2.75) is 6.42 Å². The smallest absolute Gasteiger partial charge is 0.251 e. The second kappa shape index (κ2) is 9.76. The molecule has 0 saturated carbocycles. The van der Waals surface area contributed by atoms with E-state index in [1.54, 1.807) is 60.9 Å². The Kier molecular flexibility index (Phi) is 6.63. The maximum absolute atomic E-state index is 12.4. The highest BCUT2D eigenvalue weighted by molar-refractivity contribution is 5.95. The largest absolute Gasteiger partial charge is 0.354 e. The van der Waals surface area contributed by atoms with Crippen LogP contribution in [0, 0.1) is 11.3 Å². The van der Waals surface area contributed by atoms with E-state index in [1.165, 1.54) is 0 Å². The van der Waals surface area contributed by atoms with Gasteiger partial charge in [0.05, 0.1) is 17.7 Å². The number of benzene rings is 1. The van der Waals surface area contributed by atoms with E-state index in [-0.39, 0.29) is 18.2 Å². The van der Waals surface area contributed by atoms with Gasteiger partial charge in [0.15, 0.2) is 0 Å². The second-order valence-corrected chi connectivity index (χ2v) is 6.20. The maximum Gasteiger partial charge on any atom is 0.251 e. The summed E-state index contributed by atoms with van der Waals surface area (Å²) in [5.74, 6) is -0.417. The van der Waals surface area contributed by atoms with E-state index < -0.39 is 0 Å². The van der Waals surface area contributed by atoms with Crippen LogP contribution in [0.4, 0.5) is 0 Å². The molecule has 144 valence electrons. The zero-order valence-electron chi connectivity index (χ0n) is 15.6. The minimum absolute atomic E-state index is 0.154. The van der Waals surface area contributed by atoms with Gasteiger partial charge >= 0.3 is 0 Å². The number of aromatic nitrogens is 2. The molecule has 0 aliphatic heterocycles. The molecule has 0 atom stereocenters. The quantitative estimate of drug-likeness (QED) is 0.606. The Balaban J connectivity index is 1.52. The zero-order chi connectivity index (χ0) is 20.5. The molecular weight excluding hydrogens is 366 g/mol. The molecule has 0 spiro atoms. The number of carbonyl (C=O) groups is 2. The van der Waals surface area contributed by atoms with Crippen LogP contribution in [0.3, 0.4) is 0 Å². The molecule has 0 aliphatic carbocycles. The number of hydrogen-bond acceptors (Lipinski definition) is 5. The predicted octanol–water partition coefficient (Wildman–Crippen LogP) is 2.10. The Morgan fingerprint density at radius 1 is 0.931 bits per heavy atom. The first-order valence-electron chi connectivity index (χ1n) is 9.08. The Hall–Kier alpha value is -4.05. The SMILES string of the molecule is N#Cc1cccnc1-c1cccc(C(=O)NCCNC(=O)Cc2ccccn2)c1. The Labute approximate surface area is 168 Å². The summed E-state index contributed by atoms with van der Waals surface area (Å²) in [5, 5.41) is 14.8. The van der Waals surface area contributed by atoms with Crippen molar-refractivity contribution < 1.29 is 9.59 Å². The van der Waals surface area contributed by atoms with Crippen LogP contribution in [0.25, 0.3) is 11.3 Å². The van der Waals surface area contributed by atoms with Gasteiger partial charge in [-0.2, -0.15) is 5.26 Å². The van der Waals surface area contributed by atoms with Crippen molar-refractivity contribution in [3.05, 3.63) is 83.8 Å². The molecule has 0 radical (unpaired) electrons. The van der Waals surface area contributed by atoms with Gasteiger partial charge in [-0.05, 0) is 36.4 Å². The molecule has 29 heavy (non-hydrogen) atoms. The van der Waals surface area contributed by atoms with E-state index in [2.05, 4.69) is 26.7 Å². The topological polar surface area (TPSA) is 108 Å². The van der Waals surface area contributed by atoms with Crippen molar-refractivity contribution in [3.8, 4) is 17.3 Å². The Morgan fingerprint density at radius 2 is 1.76 bits per heavy atom. The molecular formula is C22H19N5O2. The van der Waals surface area contributed by atoms with Crippen LogP contribution in [-0.2, 0) is 11.2 Å². The van der Waals surface area contributed by atoms with Crippen LogP contribution in [0.5, 0.6) is 0 Å². The lowest BCUT2D eigenvalue weighted by Gasteiger charge is -2.09. The molecule has 0 saturated heterocycles. The average Bonchev–Trinajstić information content (AvgIpc) is 2.77. The van der Waals surface area contributed by atoms with Crippen molar-refractivity contribution in [2.24, 2.45) is 0 Å². The highest BCUT2D eigenvalue weighted by Gasteiger charge is 2.10. The summed E-state index contributed by atoms with van der Waals surface area (Å²) < 4.78 is 0. The van der Waals surface area contributed by atoms with Crippen molar-refractivity contribution in [2.75, 3.05) is 13.1 Å². The van der Waals surface area contributed by atoms with E-state index in [0.29, 0.717) is 41.2 Å². The molecule has 3 aromatic rings. The van der Waals surface area contributed by atoms with Gasteiger partial charge in [0, 0.05) is 42.3 Å². The number of rotatable bonds is 7. The number of nitriles is 1. The van der Waals surface area contributed by atoms with Crippen molar-refractivity contribution in [1.82, 2.24) is 20.6 Å². The summed E-state index contributed by atoms with van der Waals surface area (Å²) in [6, 6.07) is 17.8. The summed E-state index contributed by atoms with van der Waals surface area (Å²) >= 11 is 0. The van der Waals surface area contributed by atoms with Gasteiger partial charge in [-0.25, -0.2) is 0 Å². The highest BCUT2D eigenvalue weighted by atomic mass is 16.2. The third kappa shape index (κ3) is 5.47. The van der Waals surface area contributed by atoms with E-state index in [4.69, 9.17) is 0 Å². The highest BCUT2D eigenvalue weighted by Crippen LogP contribution is 2.21. The van der Waals surface area contributed by atoms with Gasteiger partial charge in [-0.1, -0.05) is 18.2 Å². The minimum Gasteiger partial charge on any atom is -0.354 e. The van der Waals surface area contributed by atoms with Crippen LogP contribution < -0.4 is 10.6 Å². The number of carbonyl (C=O) groups excluding carboxylic acids is 2. The summed E-state index contributed by atoms with van der Waals surface area (Å²) in [6.07, 6.45) is 3.44. The van der Waals surface area contributed by atoms with Gasteiger partial charge in [0.1, 0.15) is 6.07 Å². The molecule has 2 aromatic heterocycles. The van der Waals surface area contributed by atoms with Gasteiger partial charge in [-0.15, -0.1) is 0 Å². The third-order valence-electron chi connectivity index (χ3n) is 4.13. The fourth-order valence-electron chi connectivity index (χ4n) is 2.74. The number of amides is 2. The monoisotopic (exact) mass is 385 g/mol. The fourth-order valence-corrected chi connectivity index (χ4v) is 2.74. The first kappa shape index (κ1) is 19.7. The first-order valence-corrected chi connectivity index (χ1v) is 9.08. The number of nitrogens with zero attached hydrogens (tertiary/aromatic N) is 3. The molecule has 2 heterocycles. The lowest BCUT2D eigenvalue weighted by molar-refractivity contribution is -0.120. The first-order chi connectivity index (χ1) is 14.2. The molecule has 0 unspecified atom stereocenters. The zero-order valence-corrected chi connectivity index (χ0v) is 15.6. The number of hydrogen-bond donors (Lipinski definition) is 2. The summed E-state index contributed by atoms with van der Waals surface area (Å²) in [7, 11) is 0. The lowest BCUT2D eigenvalue weighted by Crippen LogP contribution is -2.35. The van der Waals surface area contributed by atoms with E-state index in [0.717, 1.165) is 0 Å². The minimum atomic E-state index is -0.264. The summed E-state index contributed by atoms with van der Waals surface area (Å²) in [5.41, 5.74) is 2.82. The number of nitrogens with one attached hydrogen (secondary N) is 2. The molecule has 2 N–H and O–H groups in total. The molecule has 0 bridgehead atoms. The molecule has 1 aromatic carbocycles. The van der Waals surface area contributed by atoms with Crippen molar-refractivity contribution in [1.29, 1.82) is 5.26 Å². The summed E-state index contributed by atoms with van der Waals surface area (Å²) in [4.78, 5) is 32.6. The van der Waals surface area contributed by atoms with Gasteiger partial charge in [0.25, 0.3) is 5.91 Å². The van der Waals surface area contributed by atoms with Crippen LogP contribution in [0.1, 0.15) is 21.6 Å². The normalized spacial score (nSPS) is 10.0. The van der Waals surface area contributed by atoms with Crippen molar-refractivity contribution in [3.63, 3.8) is 0 Å². The third-order valence-corrected chi connectivity index (χ3v) is 4.13. The molecule has 0 aliphatic rings. The lowest BCUT2D eigenvalue weighted by atomic mass is 10.0. The van der Waals surface area contributed by atoms with Crippen LogP contribution in [-0.4, -0.2) is 34.9 Å². The Morgan fingerprint density at radius 3 is 2.55 bits per heavy atom.